The van der Waals surface area contributed by atoms with Gasteiger partial charge in [-0.1, -0.05) is 6.07 Å². The highest BCUT2D eigenvalue weighted by Gasteiger charge is 2.14. The Bertz CT molecular complexity index is 644. The zero-order valence-electron chi connectivity index (χ0n) is 12.2. The minimum Gasteiger partial charge on any atom is -0.454 e. The first-order valence-corrected chi connectivity index (χ1v) is 7.35. The third-order valence-electron chi connectivity index (χ3n) is 3.52. The van der Waals surface area contributed by atoms with Crippen molar-refractivity contribution in [2.24, 2.45) is 0 Å². The van der Waals surface area contributed by atoms with Crippen LogP contribution in [-0.2, 0) is 17.6 Å². The summed E-state index contributed by atoms with van der Waals surface area (Å²) in [5.74, 6) is 1.47. The Morgan fingerprint density at radius 3 is 2.77 bits per heavy atom. The zero-order chi connectivity index (χ0) is 15.2. The highest BCUT2D eigenvalue weighted by atomic mass is 16.7. The Labute approximate surface area is 129 Å². The Morgan fingerprint density at radius 2 is 1.91 bits per heavy atom. The third kappa shape index (κ3) is 3.75. The van der Waals surface area contributed by atoms with Gasteiger partial charge in [-0.05, 0) is 48.2 Å². The highest BCUT2D eigenvalue weighted by molar-refractivity contribution is 5.78. The lowest BCUT2D eigenvalue weighted by atomic mass is 10.1. The van der Waals surface area contributed by atoms with Gasteiger partial charge in [0.1, 0.15) is 0 Å². The van der Waals surface area contributed by atoms with Gasteiger partial charge in [0, 0.05) is 18.9 Å². The molecule has 5 nitrogen and oxygen atoms in total. The fraction of sp³-hybridized carbons (Fsp3) is 0.294. The molecule has 0 unspecified atom stereocenters. The summed E-state index contributed by atoms with van der Waals surface area (Å²) >= 11 is 0. The van der Waals surface area contributed by atoms with Crippen LogP contribution in [0.2, 0.25) is 0 Å². The maximum absolute atomic E-state index is 11.9. The van der Waals surface area contributed by atoms with Crippen molar-refractivity contribution in [3.8, 4) is 11.5 Å². The second-order valence-electron chi connectivity index (χ2n) is 5.17. The molecule has 22 heavy (non-hydrogen) atoms. The molecule has 0 fully saturated rings. The number of benzene rings is 1. The number of rotatable bonds is 6. The Morgan fingerprint density at radius 1 is 1.09 bits per heavy atom. The smallest absolute Gasteiger partial charge is 0.231 e. The SMILES string of the molecule is O=C(Cc1ccc2c(c1)OCO2)NCCCc1ccncc1. The summed E-state index contributed by atoms with van der Waals surface area (Å²) in [5.41, 5.74) is 2.16. The molecule has 0 saturated heterocycles. The second-order valence-corrected chi connectivity index (χ2v) is 5.17. The molecular formula is C17H18N2O3. The molecule has 0 aliphatic carbocycles. The van der Waals surface area contributed by atoms with Crippen LogP contribution in [-0.4, -0.2) is 24.2 Å². The van der Waals surface area contributed by atoms with Gasteiger partial charge in [0.05, 0.1) is 6.42 Å². The van der Waals surface area contributed by atoms with Crippen molar-refractivity contribution in [3.05, 3.63) is 53.9 Å². The number of aryl methyl sites for hydroxylation is 1. The number of fused-ring (bicyclic) bond motifs is 1. The van der Waals surface area contributed by atoms with Gasteiger partial charge in [0.15, 0.2) is 11.5 Å². The zero-order valence-corrected chi connectivity index (χ0v) is 12.2. The van der Waals surface area contributed by atoms with Crippen molar-refractivity contribution in [2.45, 2.75) is 19.3 Å². The molecule has 5 heteroatoms. The molecule has 2 heterocycles. The Balaban J connectivity index is 1.41. The lowest BCUT2D eigenvalue weighted by molar-refractivity contribution is -0.120. The molecule has 0 atom stereocenters. The largest absolute Gasteiger partial charge is 0.454 e. The molecule has 3 rings (SSSR count). The molecule has 0 saturated carbocycles. The lowest BCUT2D eigenvalue weighted by Gasteiger charge is -2.06. The van der Waals surface area contributed by atoms with Crippen LogP contribution in [0.15, 0.2) is 42.7 Å². The molecule has 0 radical (unpaired) electrons. The van der Waals surface area contributed by atoms with Crippen LogP contribution in [0, 0.1) is 0 Å². The van der Waals surface area contributed by atoms with Crippen molar-refractivity contribution in [3.63, 3.8) is 0 Å². The van der Waals surface area contributed by atoms with E-state index in [2.05, 4.69) is 10.3 Å². The summed E-state index contributed by atoms with van der Waals surface area (Å²) in [6, 6.07) is 9.58. The van der Waals surface area contributed by atoms with E-state index in [1.807, 2.05) is 30.3 Å². The van der Waals surface area contributed by atoms with Crippen LogP contribution in [0.25, 0.3) is 0 Å². The van der Waals surface area contributed by atoms with Gasteiger partial charge < -0.3 is 14.8 Å². The number of nitrogens with one attached hydrogen (secondary N) is 1. The minimum absolute atomic E-state index is 0.0218. The van der Waals surface area contributed by atoms with Crippen molar-refractivity contribution in [2.75, 3.05) is 13.3 Å². The van der Waals surface area contributed by atoms with Crippen LogP contribution in [0.1, 0.15) is 17.5 Å². The molecule has 0 spiro atoms. The van der Waals surface area contributed by atoms with E-state index in [1.165, 1.54) is 5.56 Å². The number of hydrogen-bond acceptors (Lipinski definition) is 4. The number of aromatic nitrogens is 1. The van der Waals surface area contributed by atoms with Crippen molar-refractivity contribution >= 4 is 5.91 Å². The Hall–Kier alpha value is -2.56. The van der Waals surface area contributed by atoms with Crippen LogP contribution < -0.4 is 14.8 Å². The average molecular weight is 298 g/mol. The van der Waals surface area contributed by atoms with Gasteiger partial charge in [-0.3, -0.25) is 9.78 Å². The molecular weight excluding hydrogens is 280 g/mol. The standard InChI is InChI=1S/C17H18N2O3/c20-17(19-7-1-2-13-5-8-18-9-6-13)11-14-3-4-15-16(10-14)22-12-21-15/h3-6,8-10H,1-2,7,11-12H2,(H,19,20). The van der Waals surface area contributed by atoms with Gasteiger partial charge >= 0.3 is 0 Å². The summed E-state index contributed by atoms with van der Waals surface area (Å²) in [6.07, 6.45) is 5.77. The maximum atomic E-state index is 11.9. The number of nitrogens with zero attached hydrogens (tertiary/aromatic N) is 1. The molecule has 1 amide bonds. The molecule has 0 bridgehead atoms. The van der Waals surface area contributed by atoms with Gasteiger partial charge in [-0.15, -0.1) is 0 Å². The Kier molecular flexibility index (Phi) is 4.53. The van der Waals surface area contributed by atoms with Crippen molar-refractivity contribution < 1.29 is 14.3 Å². The van der Waals surface area contributed by atoms with E-state index in [0.29, 0.717) is 18.7 Å². The molecule has 1 aromatic heterocycles. The van der Waals surface area contributed by atoms with Crippen molar-refractivity contribution in [1.82, 2.24) is 10.3 Å². The topological polar surface area (TPSA) is 60.5 Å². The molecule has 1 aliphatic heterocycles. The van der Waals surface area contributed by atoms with E-state index < -0.39 is 0 Å². The van der Waals surface area contributed by atoms with E-state index in [9.17, 15) is 4.79 Å². The highest BCUT2D eigenvalue weighted by Crippen LogP contribution is 2.32. The van der Waals surface area contributed by atoms with Crippen LogP contribution in [0.5, 0.6) is 11.5 Å². The van der Waals surface area contributed by atoms with E-state index in [-0.39, 0.29) is 12.7 Å². The van der Waals surface area contributed by atoms with Crippen LogP contribution in [0.4, 0.5) is 0 Å². The van der Waals surface area contributed by atoms with Crippen molar-refractivity contribution in [1.29, 1.82) is 0 Å². The second kappa shape index (κ2) is 6.93. The van der Waals surface area contributed by atoms with E-state index in [1.54, 1.807) is 12.4 Å². The molecule has 2 aromatic rings. The third-order valence-corrected chi connectivity index (χ3v) is 3.52. The van der Waals surface area contributed by atoms with E-state index >= 15 is 0 Å². The first-order valence-electron chi connectivity index (χ1n) is 7.35. The first-order chi connectivity index (χ1) is 10.8. The minimum atomic E-state index is 0.0218. The average Bonchev–Trinajstić information content (AvgIpc) is 3.00. The van der Waals surface area contributed by atoms with E-state index in [4.69, 9.17) is 9.47 Å². The molecule has 1 aromatic carbocycles. The number of ether oxygens (including phenoxy) is 2. The quantitative estimate of drug-likeness (QED) is 0.830. The monoisotopic (exact) mass is 298 g/mol. The summed E-state index contributed by atoms with van der Waals surface area (Å²) in [7, 11) is 0. The predicted molar refractivity (Wildman–Crippen MR) is 81.8 cm³/mol. The summed E-state index contributed by atoms with van der Waals surface area (Å²) in [4.78, 5) is 15.9. The van der Waals surface area contributed by atoms with Gasteiger partial charge in [-0.2, -0.15) is 0 Å². The number of amides is 1. The molecule has 1 N–H and O–H groups in total. The van der Waals surface area contributed by atoms with E-state index in [0.717, 1.165) is 24.2 Å². The summed E-state index contributed by atoms with van der Waals surface area (Å²) < 4.78 is 10.6. The number of carbonyl (C=O) groups excluding carboxylic acids is 1. The van der Waals surface area contributed by atoms with Gasteiger partial charge in [-0.25, -0.2) is 0 Å². The number of pyridine rings is 1. The lowest BCUT2D eigenvalue weighted by Crippen LogP contribution is -2.26. The van der Waals surface area contributed by atoms with Crippen LogP contribution >= 0.6 is 0 Å². The fourth-order valence-corrected chi connectivity index (χ4v) is 2.37. The summed E-state index contributed by atoms with van der Waals surface area (Å²) in [6.45, 7) is 0.922. The number of carbonyl (C=O) groups is 1. The van der Waals surface area contributed by atoms with Gasteiger partial charge in [0.2, 0.25) is 12.7 Å². The predicted octanol–water partition coefficient (Wildman–Crippen LogP) is 2.10. The van der Waals surface area contributed by atoms with Crippen LogP contribution in [0.3, 0.4) is 0 Å². The summed E-state index contributed by atoms with van der Waals surface area (Å²) in [5, 5.41) is 2.94. The molecule has 114 valence electrons. The molecule has 1 aliphatic rings. The first kappa shape index (κ1) is 14.4. The maximum Gasteiger partial charge on any atom is 0.231 e. The normalized spacial score (nSPS) is 12.2. The fourth-order valence-electron chi connectivity index (χ4n) is 2.37. The number of hydrogen-bond donors (Lipinski definition) is 1. The van der Waals surface area contributed by atoms with Gasteiger partial charge in [0.25, 0.3) is 0 Å².